The van der Waals surface area contributed by atoms with Crippen molar-refractivity contribution in [1.82, 2.24) is 10.6 Å². The number of nitrogens with one attached hydrogen (secondary N) is 2. The van der Waals surface area contributed by atoms with Crippen LogP contribution in [0.2, 0.25) is 0 Å². The van der Waals surface area contributed by atoms with Gasteiger partial charge in [-0.05, 0) is 26.3 Å². The number of rotatable bonds is 8. The van der Waals surface area contributed by atoms with E-state index in [0.717, 1.165) is 17.7 Å². The summed E-state index contributed by atoms with van der Waals surface area (Å²) in [5, 5.41) is 5.60. The Labute approximate surface area is 120 Å². The number of para-hydroxylation sites is 1. The van der Waals surface area contributed by atoms with Crippen molar-refractivity contribution in [3.63, 3.8) is 0 Å². The van der Waals surface area contributed by atoms with Crippen LogP contribution in [0.15, 0.2) is 24.3 Å². The summed E-state index contributed by atoms with van der Waals surface area (Å²) in [6, 6.07) is 7.44. The number of carbonyl (C=O) groups is 1. The number of hydrogen-bond donors (Lipinski definition) is 2. The van der Waals surface area contributed by atoms with E-state index >= 15 is 0 Å². The predicted molar refractivity (Wildman–Crippen MR) is 78.9 cm³/mol. The quantitative estimate of drug-likeness (QED) is 0.718. The van der Waals surface area contributed by atoms with Gasteiger partial charge in [-0.1, -0.05) is 18.2 Å². The molecule has 0 heterocycles. The Hall–Kier alpha value is -1.75. The molecule has 5 nitrogen and oxygen atoms in total. The zero-order valence-electron chi connectivity index (χ0n) is 12.4. The zero-order valence-corrected chi connectivity index (χ0v) is 12.4. The molecule has 112 valence electrons. The average molecular weight is 280 g/mol. The Bertz CT molecular complexity index is 408. The van der Waals surface area contributed by atoms with Crippen LogP contribution < -0.4 is 15.4 Å². The van der Waals surface area contributed by atoms with E-state index in [1.807, 2.05) is 38.1 Å². The first-order valence-corrected chi connectivity index (χ1v) is 6.88. The first kappa shape index (κ1) is 16.3. The summed E-state index contributed by atoms with van der Waals surface area (Å²) in [4.78, 5) is 11.6. The Morgan fingerprint density at radius 1 is 1.25 bits per heavy atom. The lowest BCUT2D eigenvalue weighted by Gasteiger charge is -2.11. The Balaban J connectivity index is 2.19. The minimum Gasteiger partial charge on any atom is -0.496 e. The molecule has 0 spiro atoms. The highest BCUT2D eigenvalue weighted by Gasteiger charge is 2.04. The monoisotopic (exact) mass is 280 g/mol. The highest BCUT2D eigenvalue weighted by atomic mass is 16.5. The maximum Gasteiger partial charge on any atom is 0.315 e. The fourth-order valence-corrected chi connectivity index (χ4v) is 1.68. The number of amides is 2. The number of hydrogen-bond acceptors (Lipinski definition) is 3. The Morgan fingerprint density at radius 2 is 2.00 bits per heavy atom. The van der Waals surface area contributed by atoms with E-state index in [1.165, 1.54) is 0 Å². The summed E-state index contributed by atoms with van der Waals surface area (Å²) < 4.78 is 10.6. The first-order chi connectivity index (χ1) is 9.63. The molecule has 0 saturated carbocycles. The van der Waals surface area contributed by atoms with Gasteiger partial charge in [-0.25, -0.2) is 4.79 Å². The third-order valence-corrected chi connectivity index (χ3v) is 2.69. The third-order valence-electron chi connectivity index (χ3n) is 2.69. The topological polar surface area (TPSA) is 59.6 Å². The SMILES string of the molecule is COc1ccccc1CNC(=O)NCCCOC(C)C. The molecular weight excluding hydrogens is 256 g/mol. The van der Waals surface area contributed by atoms with Gasteiger partial charge in [-0.3, -0.25) is 0 Å². The van der Waals surface area contributed by atoms with Crippen LogP contribution in [0.3, 0.4) is 0 Å². The first-order valence-electron chi connectivity index (χ1n) is 6.88. The molecule has 0 radical (unpaired) electrons. The van der Waals surface area contributed by atoms with E-state index in [2.05, 4.69) is 10.6 Å². The molecule has 2 N–H and O–H groups in total. The van der Waals surface area contributed by atoms with E-state index in [9.17, 15) is 4.79 Å². The molecule has 20 heavy (non-hydrogen) atoms. The van der Waals surface area contributed by atoms with Gasteiger partial charge in [0, 0.05) is 25.3 Å². The van der Waals surface area contributed by atoms with Gasteiger partial charge < -0.3 is 20.1 Å². The minimum absolute atomic E-state index is 0.180. The summed E-state index contributed by atoms with van der Waals surface area (Å²) in [6.07, 6.45) is 1.04. The number of urea groups is 1. The minimum atomic E-state index is -0.180. The van der Waals surface area contributed by atoms with E-state index < -0.39 is 0 Å². The second kappa shape index (κ2) is 9.20. The van der Waals surface area contributed by atoms with Crippen molar-refractivity contribution in [2.24, 2.45) is 0 Å². The van der Waals surface area contributed by atoms with Crippen LogP contribution in [0, 0.1) is 0 Å². The van der Waals surface area contributed by atoms with Crippen LogP contribution in [0.5, 0.6) is 5.75 Å². The Morgan fingerprint density at radius 3 is 2.70 bits per heavy atom. The van der Waals surface area contributed by atoms with Crippen molar-refractivity contribution in [3.05, 3.63) is 29.8 Å². The second-order valence-electron chi connectivity index (χ2n) is 4.69. The Kier molecular flexibility index (Phi) is 7.50. The molecule has 0 aromatic heterocycles. The van der Waals surface area contributed by atoms with Gasteiger partial charge in [0.15, 0.2) is 0 Å². The smallest absolute Gasteiger partial charge is 0.315 e. The van der Waals surface area contributed by atoms with Crippen LogP contribution in [-0.2, 0) is 11.3 Å². The number of methoxy groups -OCH3 is 1. The van der Waals surface area contributed by atoms with Gasteiger partial charge >= 0.3 is 6.03 Å². The van der Waals surface area contributed by atoms with Crippen molar-refractivity contribution in [2.45, 2.75) is 32.9 Å². The standard InChI is InChI=1S/C15H24N2O3/c1-12(2)20-10-6-9-16-15(18)17-11-13-7-4-5-8-14(13)19-3/h4-5,7-8,12H,6,9-11H2,1-3H3,(H2,16,17,18). The van der Waals surface area contributed by atoms with Crippen molar-refractivity contribution >= 4 is 6.03 Å². The van der Waals surface area contributed by atoms with E-state index in [0.29, 0.717) is 19.7 Å². The van der Waals surface area contributed by atoms with Crippen molar-refractivity contribution in [1.29, 1.82) is 0 Å². The fraction of sp³-hybridized carbons (Fsp3) is 0.533. The third kappa shape index (κ3) is 6.43. The van der Waals surface area contributed by atoms with Crippen LogP contribution in [0.25, 0.3) is 0 Å². The molecule has 0 fully saturated rings. The van der Waals surface area contributed by atoms with Gasteiger partial charge in [-0.2, -0.15) is 0 Å². The van der Waals surface area contributed by atoms with Crippen molar-refractivity contribution < 1.29 is 14.3 Å². The molecule has 1 rings (SSSR count). The summed E-state index contributed by atoms with van der Waals surface area (Å²) in [5.74, 6) is 0.776. The van der Waals surface area contributed by atoms with Gasteiger partial charge in [0.05, 0.1) is 13.2 Å². The highest BCUT2D eigenvalue weighted by molar-refractivity contribution is 5.73. The molecule has 1 aromatic carbocycles. The molecule has 0 aliphatic heterocycles. The van der Waals surface area contributed by atoms with E-state index in [-0.39, 0.29) is 12.1 Å². The zero-order chi connectivity index (χ0) is 14.8. The maximum atomic E-state index is 11.6. The molecule has 0 atom stereocenters. The number of carbonyl (C=O) groups excluding carboxylic acids is 1. The van der Waals surface area contributed by atoms with Gasteiger partial charge in [0.25, 0.3) is 0 Å². The number of ether oxygens (including phenoxy) is 2. The molecule has 1 aromatic rings. The van der Waals surface area contributed by atoms with Crippen molar-refractivity contribution in [2.75, 3.05) is 20.3 Å². The molecular formula is C15H24N2O3. The molecule has 0 unspecified atom stereocenters. The van der Waals surface area contributed by atoms with Crippen molar-refractivity contribution in [3.8, 4) is 5.75 Å². The average Bonchev–Trinajstić information content (AvgIpc) is 2.44. The van der Waals surface area contributed by atoms with E-state index in [1.54, 1.807) is 7.11 Å². The summed E-state index contributed by atoms with van der Waals surface area (Å²) in [7, 11) is 1.62. The van der Waals surface area contributed by atoms with Gasteiger partial charge in [-0.15, -0.1) is 0 Å². The summed E-state index contributed by atoms with van der Waals surface area (Å²) in [6.45, 7) is 5.69. The maximum absolute atomic E-state index is 11.6. The summed E-state index contributed by atoms with van der Waals surface area (Å²) >= 11 is 0. The second-order valence-corrected chi connectivity index (χ2v) is 4.69. The molecule has 5 heteroatoms. The summed E-state index contributed by atoms with van der Waals surface area (Å²) in [5.41, 5.74) is 0.952. The lowest BCUT2D eigenvalue weighted by molar-refractivity contribution is 0.0774. The molecule has 0 aliphatic rings. The molecule has 0 aliphatic carbocycles. The highest BCUT2D eigenvalue weighted by Crippen LogP contribution is 2.16. The molecule has 0 bridgehead atoms. The van der Waals surface area contributed by atoms with Crippen LogP contribution >= 0.6 is 0 Å². The van der Waals surface area contributed by atoms with E-state index in [4.69, 9.17) is 9.47 Å². The van der Waals surface area contributed by atoms with Crippen LogP contribution in [0.4, 0.5) is 4.79 Å². The van der Waals surface area contributed by atoms with Gasteiger partial charge in [0.2, 0.25) is 0 Å². The molecule has 2 amide bonds. The predicted octanol–water partition coefficient (Wildman–Crippen LogP) is 2.31. The fourth-order valence-electron chi connectivity index (χ4n) is 1.68. The lowest BCUT2D eigenvalue weighted by Crippen LogP contribution is -2.36. The molecule has 0 saturated heterocycles. The van der Waals surface area contributed by atoms with Crippen LogP contribution in [0.1, 0.15) is 25.8 Å². The van der Waals surface area contributed by atoms with Crippen LogP contribution in [-0.4, -0.2) is 32.4 Å². The largest absolute Gasteiger partial charge is 0.496 e. The normalized spacial score (nSPS) is 10.4. The number of benzene rings is 1. The lowest BCUT2D eigenvalue weighted by atomic mass is 10.2. The van der Waals surface area contributed by atoms with Gasteiger partial charge in [0.1, 0.15) is 5.75 Å².